The fourth-order valence-corrected chi connectivity index (χ4v) is 2.24. The Balaban J connectivity index is 2.47. The molecule has 0 aliphatic carbocycles. The van der Waals surface area contributed by atoms with Crippen molar-refractivity contribution in [3.63, 3.8) is 0 Å². The van der Waals surface area contributed by atoms with Crippen LogP contribution in [0, 0.1) is 0 Å². The number of aryl methyl sites for hydroxylation is 1. The van der Waals surface area contributed by atoms with Gasteiger partial charge in [-0.05, 0) is 31.0 Å². The Kier molecular flexibility index (Phi) is 6.95. The summed E-state index contributed by atoms with van der Waals surface area (Å²) in [6.07, 6.45) is 7.75. The number of benzene rings is 1. The summed E-state index contributed by atoms with van der Waals surface area (Å²) in [4.78, 5) is 0. The van der Waals surface area contributed by atoms with Crippen molar-refractivity contribution in [3.8, 4) is 0 Å². The molecule has 1 heteroatoms. The molecule has 0 saturated heterocycles. The van der Waals surface area contributed by atoms with Crippen molar-refractivity contribution in [3.05, 3.63) is 35.4 Å². The highest BCUT2D eigenvalue weighted by molar-refractivity contribution is 5.24. The lowest BCUT2D eigenvalue weighted by molar-refractivity contribution is 0.505. The van der Waals surface area contributed by atoms with E-state index in [1.165, 1.54) is 43.2 Å². The molecule has 1 atom stereocenters. The van der Waals surface area contributed by atoms with E-state index in [4.69, 9.17) is 0 Å². The quantitative estimate of drug-likeness (QED) is 0.653. The molecule has 96 valence electrons. The highest BCUT2D eigenvalue weighted by atomic mass is 14.9. The Bertz CT molecular complexity index is 289. The second kappa shape index (κ2) is 8.30. The van der Waals surface area contributed by atoms with Crippen LogP contribution >= 0.6 is 0 Å². The average Bonchev–Trinajstić information content (AvgIpc) is 2.39. The summed E-state index contributed by atoms with van der Waals surface area (Å²) in [5.74, 6) is 0. The normalized spacial score (nSPS) is 12.6. The summed E-state index contributed by atoms with van der Waals surface area (Å²) in [6.45, 7) is 4.47. The summed E-state index contributed by atoms with van der Waals surface area (Å²) in [5, 5.41) is 3.43. The standard InChI is InChI=1S/C16H27N/c1-4-6-7-8-9-16(17-3)15-12-10-14(5-2)11-13-15/h10-13,16-17H,4-9H2,1-3H3. The van der Waals surface area contributed by atoms with E-state index in [1.807, 2.05) is 0 Å². The van der Waals surface area contributed by atoms with Gasteiger partial charge >= 0.3 is 0 Å². The molecule has 1 unspecified atom stereocenters. The van der Waals surface area contributed by atoms with Gasteiger partial charge in [0.2, 0.25) is 0 Å². The molecule has 0 aromatic heterocycles. The Morgan fingerprint density at radius 2 is 1.71 bits per heavy atom. The molecule has 0 bridgehead atoms. The zero-order chi connectivity index (χ0) is 12.5. The minimum atomic E-state index is 0.526. The molecule has 0 spiro atoms. The van der Waals surface area contributed by atoms with E-state index in [9.17, 15) is 0 Å². The molecule has 0 fully saturated rings. The van der Waals surface area contributed by atoms with Gasteiger partial charge in [0.15, 0.2) is 0 Å². The van der Waals surface area contributed by atoms with E-state index >= 15 is 0 Å². The Morgan fingerprint density at radius 1 is 1.00 bits per heavy atom. The molecule has 1 rings (SSSR count). The van der Waals surface area contributed by atoms with Crippen LogP contribution in [0.3, 0.4) is 0 Å². The molecule has 0 heterocycles. The molecule has 1 aromatic carbocycles. The summed E-state index contributed by atoms with van der Waals surface area (Å²) in [6, 6.07) is 9.59. The first-order valence-corrected chi connectivity index (χ1v) is 7.07. The maximum Gasteiger partial charge on any atom is 0.0317 e. The summed E-state index contributed by atoms with van der Waals surface area (Å²) >= 11 is 0. The van der Waals surface area contributed by atoms with Crippen LogP contribution in [0.15, 0.2) is 24.3 Å². The van der Waals surface area contributed by atoms with Crippen molar-refractivity contribution in [2.75, 3.05) is 7.05 Å². The number of rotatable bonds is 8. The van der Waals surface area contributed by atoms with Crippen LogP contribution in [-0.4, -0.2) is 7.05 Å². The smallest absolute Gasteiger partial charge is 0.0317 e. The molecule has 1 aromatic rings. The molecule has 0 aliphatic heterocycles. The van der Waals surface area contributed by atoms with E-state index in [0.29, 0.717) is 6.04 Å². The predicted octanol–water partition coefficient (Wildman–Crippen LogP) is 4.48. The Morgan fingerprint density at radius 3 is 2.24 bits per heavy atom. The van der Waals surface area contributed by atoms with Crippen LogP contribution in [0.2, 0.25) is 0 Å². The molecule has 0 amide bonds. The second-order valence-electron chi connectivity index (χ2n) is 4.79. The summed E-state index contributed by atoms with van der Waals surface area (Å²) < 4.78 is 0. The fraction of sp³-hybridized carbons (Fsp3) is 0.625. The molecular formula is C16H27N. The highest BCUT2D eigenvalue weighted by Gasteiger charge is 2.08. The first kappa shape index (κ1) is 14.2. The summed E-state index contributed by atoms with van der Waals surface area (Å²) in [5.41, 5.74) is 2.86. The first-order valence-electron chi connectivity index (χ1n) is 7.07. The van der Waals surface area contributed by atoms with Crippen LogP contribution < -0.4 is 5.32 Å². The maximum absolute atomic E-state index is 3.43. The Hall–Kier alpha value is -0.820. The minimum absolute atomic E-state index is 0.526. The van der Waals surface area contributed by atoms with Crippen LogP contribution in [0.5, 0.6) is 0 Å². The van der Waals surface area contributed by atoms with E-state index in [2.05, 4.69) is 50.5 Å². The van der Waals surface area contributed by atoms with E-state index < -0.39 is 0 Å². The van der Waals surface area contributed by atoms with Gasteiger partial charge in [0.25, 0.3) is 0 Å². The maximum atomic E-state index is 3.43. The largest absolute Gasteiger partial charge is 0.313 e. The van der Waals surface area contributed by atoms with Crippen molar-refractivity contribution in [2.24, 2.45) is 0 Å². The Labute approximate surface area is 107 Å². The van der Waals surface area contributed by atoms with E-state index in [1.54, 1.807) is 0 Å². The van der Waals surface area contributed by atoms with Gasteiger partial charge in [-0.3, -0.25) is 0 Å². The molecular weight excluding hydrogens is 206 g/mol. The SMILES string of the molecule is CCCCCCC(NC)c1ccc(CC)cc1. The number of unbranched alkanes of at least 4 members (excludes halogenated alkanes) is 3. The van der Waals surface area contributed by atoms with Crippen molar-refractivity contribution < 1.29 is 0 Å². The number of hydrogen-bond acceptors (Lipinski definition) is 1. The number of hydrogen-bond donors (Lipinski definition) is 1. The minimum Gasteiger partial charge on any atom is -0.313 e. The molecule has 17 heavy (non-hydrogen) atoms. The molecule has 0 radical (unpaired) electrons. The summed E-state index contributed by atoms with van der Waals surface area (Å²) in [7, 11) is 2.07. The average molecular weight is 233 g/mol. The topological polar surface area (TPSA) is 12.0 Å². The van der Waals surface area contributed by atoms with E-state index in [0.717, 1.165) is 6.42 Å². The van der Waals surface area contributed by atoms with Gasteiger partial charge in [0.1, 0.15) is 0 Å². The lowest BCUT2D eigenvalue weighted by Crippen LogP contribution is -2.16. The molecule has 1 N–H and O–H groups in total. The van der Waals surface area contributed by atoms with Crippen molar-refractivity contribution in [2.45, 2.75) is 58.4 Å². The monoisotopic (exact) mass is 233 g/mol. The predicted molar refractivity (Wildman–Crippen MR) is 76.4 cm³/mol. The first-order chi connectivity index (χ1) is 8.31. The van der Waals surface area contributed by atoms with Gasteiger partial charge in [0, 0.05) is 6.04 Å². The van der Waals surface area contributed by atoms with Gasteiger partial charge < -0.3 is 5.32 Å². The van der Waals surface area contributed by atoms with E-state index in [-0.39, 0.29) is 0 Å². The number of nitrogens with one attached hydrogen (secondary N) is 1. The third-order valence-corrected chi connectivity index (χ3v) is 3.49. The molecule has 1 nitrogen and oxygen atoms in total. The van der Waals surface area contributed by atoms with Crippen LogP contribution in [-0.2, 0) is 6.42 Å². The van der Waals surface area contributed by atoms with Crippen LogP contribution in [0.4, 0.5) is 0 Å². The fourth-order valence-electron chi connectivity index (χ4n) is 2.24. The zero-order valence-corrected chi connectivity index (χ0v) is 11.6. The lowest BCUT2D eigenvalue weighted by atomic mass is 9.99. The second-order valence-corrected chi connectivity index (χ2v) is 4.79. The molecule has 0 saturated carbocycles. The van der Waals surface area contributed by atoms with Crippen molar-refractivity contribution in [1.29, 1.82) is 0 Å². The third kappa shape index (κ3) is 4.91. The third-order valence-electron chi connectivity index (χ3n) is 3.49. The molecule has 0 aliphatic rings. The highest BCUT2D eigenvalue weighted by Crippen LogP contribution is 2.20. The van der Waals surface area contributed by atoms with Gasteiger partial charge in [-0.2, -0.15) is 0 Å². The van der Waals surface area contributed by atoms with Crippen molar-refractivity contribution in [1.82, 2.24) is 5.32 Å². The van der Waals surface area contributed by atoms with Gasteiger partial charge in [-0.25, -0.2) is 0 Å². The van der Waals surface area contributed by atoms with Crippen molar-refractivity contribution >= 4 is 0 Å². The van der Waals surface area contributed by atoms with Crippen LogP contribution in [0.1, 0.15) is 63.1 Å². The lowest BCUT2D eigenvalue weighted by Gasteiger charge is -2.17. The van der Waals surface area contributed by atoms with Crippen LogP contribution in [0.25, 0.3) is 0 Å². The van der Waals surface area contributed by atoms with Gasteiger partial charge in [-0.15, -0.1) is 0 Å². The van der Waals surface area contributed by atoms with Gasteiger partial charge in [-0.1, -0.05) is 63.8 Å². The zero-order valence-electron chi connectivity index (χ0n) is 11.6. The van der Waals surface area contributed by atoms with Gasteiger partial charge in [0.05, 0.1) is 0 Å².